The van der Waals surface area contributed by atoms with Crippen LogP contribution < -0.4 is 4.90 Å². The van der Waals surface area contributed by atoms with Gasteiger partial charge >= 0.3 is 0 Å². The molecule has 2 aromatic rings. The fourth-order valence-corrected chi connectivity index (χ4v) is 2.55. The molecule has 1 N–H and O–H groups in total. The average Bonchev–Trinajstić information content (AvgIpc) is 2.83. The van der Waals surface area contributed by atoms with Gasteiger partial charge in [-0.25, -0.2) is 0 Å². The Morgan fingerprint density at radius 1 is 1.41 bits per heavy atom. The fourth-order valence-electron chi connectivity index (χ4n) is 2.55. The number of nitrogens with zero attached hydrogens (tertiary/aromatic N) is 4. The number of aromatic amines is 1. The first-order valence-corrected chi connectivity index (χ1v) is 5.90. The van der Waals surface area contributed by atoms with Gasteiger partial charge in [0.15, 0.2) is 11.5 Å². The van der Waals surface area contributed by atoms with Gasteiger partial charge in [0.2, 0.25) is 5.95 Å². The van der Waals surface area contributed by atoms with Gasteiger partial charge in [-0.15, -0.1) is 5.10 Å². The molecule has 2 unspecified atom stereocenters. The van der Waals surface area contributed by atoms with Crippen LogP contribution in [0.1, 0.15) is 12.2 Å². The lowest BCUT2D eigenvalue weighted by molar-refractivity contribution is 0.399. The van der Waals surface area contributed by atoms with Crippen molar-refractivity contribution in [2.24, 2.45) is 11.8 Å². The molecule has 2 fully saturated rings. The van der Waals surface area contributed by atoms with E-state index in [0.717, 1.165) is 36.6 Å². The Kier molecular flexibility index (Phi) is 1.67. The minimum absolute atomic E-state index is 0.678. The lowest BCUT2D eigenvalue weighted by Gasteiger charge is -2.14. The van der Waals surface area contributed by atoms with Crippen molar-refractivity contribution in [3.8, 4) is 11.5 Å². The highest BCUT2D eigenvalue weighted by atomic mass is 16.5. The van der Waals surface area contributed by atoms with Gasteiger partial charge in [0.25, 0.3) is 0 Å². The number of aryl methyl sites for hydroxylation is 1. The summed E-state index contributed by atoms with van der Waals surface area (Å²) in [5.41, 5.74) is 0.714. The van der Waals surface area contributed by atoms with Crippen molar-refractivity contribution in [2.45, 2.75) is 13.3 Å². The molecule has 1 saturated carbocycles. The van der Waals surface area contributed by atoms with Crippen LogP contribution in [0.4, 0.5) is 5.95 Å². The number of aromatic nitrogens is 4. The molecule has 6 heteroatoms. The number of anilines is 1. The van der Waals surface area contributed by atoms with E-state index in [4.69, 9.17) is 4.52 Å². The minimum Gasteiger partial charge on any atom is -0.361 e. The van der Waals surface area contributed by atoms with Crippen molar-refractivity contribution in [3.63, 3.8) is 0 Å². The van der Waals surface area contributed by atoms with E-state index in [1.54, 1.807) is 0 Å². The van der Waals surface area contributed by atoms with E-state index < -0.39 is 0 Å². The number of hydrogen-bond donors (Lipinski definition) is 1. The largest absolute Gasteiger partial charge is 0.361 e. The number of H-pyrrole nitrogens is 1. The Balaban J connectivity index is 1.60. The van der Waals surface area contributed by atoms with Crippen LogP contribution >= 0.6 is 0 Å². The first kappa shape index (κ1) is 9.21. The highest BCUT2D eigenvalue weighted by Crippen LogP contribution is 2.45. The highest BCUT2D eigenvalue weighted by molar-refractivity contribution is 5.51. The second-order valence-electron chi connectivity index (χ2n) is 4.97. The van der Waals surface area contributed by atoms with Crippen LogP contribution in [0.25, 0.3) is 11.5 Å². The quantitative estimate of drug-likeness (QED) is 0.841. The van der Waals surface area contributed by atoms with Gasteiger partial charge < -0.3 is 9.42 Å². The SMILES string of the molecule is Cc1cc(-c2nc(N3CC4CC4C3)n[nH]2)no1. The summed E-state index contributed by atoms with van der Waals surface area (Å²) in [6.45, 7) is 4.06. The lowest BCUT2D eigenvalue weighted by atomic mass is 10.4. The molecule has 4 rings (SSSR count). The van der Waals surface area contributed by atoms with Crippen molar-refractivity contribution < 1.29 is 4.52 Å². The molecule has 2 aromatic heterocycles. The van der Waals surface area contributed by atoms with Crippen molar-refractivity contribution in [1.82, 2.24) is 20.3 Å². The van der Waals surface area contributed by atoms with Crippen molar-refractivity contribution >= 4 is 5.95 Å². The van der Waals surface area contributed by atoms with Crippen molar-refractivity contribution in [2.75, 3.05) is 18.0 Å². The zero-order chi connectivity index (χ0) is 11.4. The fraction of sp³-hybridized carbons (Fsp3) is 0.545. The molecule has 0 spiro atoms. The Hall–Kier alpha value is -1.85. The summed E-state index contributed by atoms with van der Waals surface area (Å²) < 4.78 is 5.03. The molecule has 17 heavy (non-hydrogen) atoms. The van der Waals surface area contributed by atoms with Gasteiger partial charge in [0, 0.05) is 19.2 Å². The first-order valence-electron chi connectivity index (χ1n) is 5.90. The lowest BCUT2D eigenvalue weighted by Crippen LogP contribution is -2.22. The highest BCUT2D eigenvalue weighted by Gasteiger charge is 2.46. The summed E-state index contributed by atoms with van der Waals surface area (Å²) in [6.07, 6.45) is 1.39. The maximum Gasteiger partial charge on any atom is 0.245 e. The molecule has 0 radical (unpaired) electrons. The monoisotopic (exact) mass is 231 g/mol. The van der Waals surface area contributed by atoms with Gasteiger partial charge in [-0.2, -0.15) is 4.98 Å². The number of piperidine rings is 1. The van der Waals surface area contributed by atoms with E-state index in [-0.39, 0.29) is 0 Å². The third-order valence-corrected chi connectivity index (χ3v) is 3.61. The zero-order valence-corrected chi connectivity index (χ0v) is 9.55. The molecule has 88 valence electrons. The molecule has 0 amide bonds. The molecule has 3 heterocycles. The molecule has 1 saturated heterocycles. The van der Waals surface area contributed by atoms with Crippen LogP contribution in [0, 0.1) is 18.8 Å². The minimum atomic E-state index is 0.678. The predicted molar refractivity (Wildman–Crippen MR) is 60.4 cm³/mol. The molecule has 2 aliphatic rings. The molecule has 2 atom stereocenters. The van der Waals surface area contributed by atoms with Crippen LogP contribution in [-0.2, 0) is 0 Å². The van der Waals surface area contributed by atoms with Gasteiger partial charge in [-0.3, -0.25) is 5.10 Å². The number of rotatable bonds is 2. The van der Waals surface area contributed by atoms with E-state index >= 15 is 0 Å². The van der Waals surface area contributed by atoms with Crippen LogP contribution in [0.3, 0.4) is 0 Å². The first-order chi connectivity index (χ1) is 8.29. The number of nitrogens with one attached hydrogen (secondary N) is 1. The summed E-state index contributed by atoms with van der Waals surface area (Å²) in [7, 11) is 0. The van der Waals surface area contributed by atoms with Gasteiger partial charge in [0.05, 0.1) is 0 Å². The van der Waals surface area contributed by atoms with Gasteiger partial charge in [-0.05, 0) is 25.2 Å². The Morgan fingerprint density at radius 3 is 2.94 bits per heavy atom. The molecule has 0 aromatic carbocycles. The third kappa shape index (κ3) is 1.44. The van der Waals surface area contributed by atoms with Crippen molar-refractivity contribution in [1.29, 1.82) is 0 Å². The standard InChI is InChI=1S/C11H13N5O/c1-6-2-9(15-17-6)10-12-11(14-13-10)16-4-7-3-8(7)5-16/h2,7-8H,3-5H2,1H3,(H,12,13,14). The van der Waals surface area contributed by atoms with E-state index in [2.05, 4.69) is 25.2 Å². The molecule has 1 aliphatic heterocycles. The van der Waals surface area contributed by atoms with Gasteiger partial charge in [0.1, 0.15) is 5.76 Å². The van der Waals surface area contributed by atoms with Crippen molar-refractivity contribution in [3.05, 3.63) is 11.8 Å². The maximum absolute atomic E-state index is 5.03. The molecule has 0 bridgehead atoms. The topological polar surface area (TPSA) is 70.8 Å². The summed E-state index contributed by atoms with van der Waals surface area (Å²) in [4.78, 5) is 6.71. The summed E-state index contributed by atoms with van der Waals surface area (Å²) in [6, 6.07) is 1.85. The van der Waals surface area contributed by atoms with E-state index in [1.165, 1.54) is 6.42 Å². The zero-order valence-electron chi connectivity index (χ0n) is 9.55. The second-order valence-corrected chi connectivity index (χ2v) is 4.97. The van der Waals surface area contributed by atoms with Gasteiger partial charge in [-0.1, -0.05) is 5.16 Å². The Labute approximate surface area is 98.0 Å². The van der Waals surface area contributed by atoms with Crippen LogP contribution in [0.5, 0.6) is 0 Å². The maximum atomic E-state index is 5.03. The Morgan fingerprint density at radius 2 is 2.24 bits per heavy atom. The normalized spacial score (nSPS) is 26.3. The molecular weight excluding hydrogens is 218 g/mol. The smallest absolute Gasteiger partial charge is 0.245 e. The van der Waals surface area contributed by atoms with Crippen LogP contribution in [0.15, 0.2) is 10.6 Å². The average molecular weight is 231 g/mol. The number of hydrogen-bond acceptors (Lipinski definition) is 5. The van der Waals surface area contributed by atoms with E-state index in [1.807, 2.05) is 13.0 Å². The second kappa shape index (κ2) is 3.09. The number of fused-ring (bicyclic) bond motifs is 1. The summed E-state index contributed by atoms with van der Waals surface area (Å²) in [5.74, 6) is 4.00. The van der Waals surface area contributed by atoms with Crippen LogP contribution in [-0.4, -0.2) is 33.4 Å². The summed E-state index contributed by atoms with van der Waals surface area (Å²) >= 11 is 0. The van der Waals surface area contributed by atoms with E-state index in [0.29, 0.717) is 11.5 Å². The Bertz CT molecular complexity index is 550. The molecule has 6 nitrogen and oxygen atoms in total. The summed E-state index contributed by atoms with van der Waals surface area (Å²) in [5, 5.41) is 11.1. The third-order valence-electron chi connectivity index (χ3n) is 3.61. The molecular formula is C11H13N5O. The van der Waals surface area contributed by atoms with Crippen LogP contribution in [0.2, 0.25) is 0 Å². The predicted octanol–water partition coefficient (Wildman–Crippen LogP) is 1.22. The van der Waals surface area contributed by atoms with E-state index in [9.17, 15) is 0 Å². The molecule has 1 aliphatic carbocycles.